The molecule has 0 fully saturated rings. The summed E-state index contributed by atoms with van der Waals surface area (Å²) in [6.45, 7) is 4.36. The first-order valence-corrected chi connectivity index (χ1v) is 10.1. The predicted molar refractivity (Wildman–Crippen MR) is 119 cm³/mol. The molecule has 0 aliphatic carbocycles. The number of methoxy groups -OCH3 is 1. The smallest absolute Gasteiger partial charge is 0.330 e. The van der Waals surface area contributed by atoms with E-state index in [1.807, 2.05) is 13.0 Å². The van der Waals surface area contributed by atoms with Crippen molar-refractivity contribution in [2.24, 2.45) is 0 Å². The lowest BCUT2D eigenvalue weighted by Gasteiger charge is -2.13. The molecule has 9 heteroatoms. The van der Waals surface area contributed by atoms with Crippen LogP contribution in [-0.4, -0.2) is 37.1 Å². The zero-order chi connectivity index (χ0) is 23.5. The summed E-state index contributed by atoms with van der Waals surface area (Å²) in [5.41, 5.74) is 1.42. The molecule has 170 valence electrons. The standard InChI is InChI=1S/C23H26N2O7/c1-4-31-22(26)8-6-5-7-13-32-20-14-16(2)9-11-18(20)24-23(27)17-10-12-19(25(28)29)21(15-17)30-3/h6,8-12,14-15H,4-5,7,13H2,1-3H3,(H,24,27). The van der Waals surface area contributed by atoms with Gasteiger partial charge in [0.2, 0.25) is 0 Å². The van der Waals surface area contributed by atoms with Gasteiger partial charge in [0.25, 0.3) is 5.91 Å². The molecule has 0 aliphatic heterocycles. The second-order valence-electron chi connectivity index (χ2n) is 6.74. The van der Waals surface area contributed by atoms with Crippen molar-refractivity contribution in [1.29, 1.82) is 0 Å². The Balaban J connectivity index is 2.03. The van der Waals surface area contributed by atoms with Gasteiger partial charge in [-0.3, -0.25) is 14.9 Å². The monoisotopic (exact) mass is 442 g/mol. The zero-order valence-corrected chi connectivity index (χ0v) is 18.3. The maximum absolute atomic E-state index is 12.7. The van der Waals surface area contributed by atoms with Crippen LogP contribution < -0.4 is 14.8 Å². The Morgan fingerprint density at radius 2 is 1.94 bits per heavy atom. The number of hydrogen-bond acceptors (Lipinski definition) is 7. The molecule has 32 heavy (non-hydrogen) atoms. The van der Waals surface area contributed by atoms with E-state index >= 15 is 0 Å². The number of anilines is 1. The molecule has 9 nitrogen and oxygen atoms in total. The first-order chi connectivity index (χ1) is 15.3. The normalized spacial score (nSPS) is 10.6. The average Bonchev–Trinajstić information content (AvgIpc) is 2.77. The Hall–Kier alpha value is -3.88. The summed E-state index contributed by atoms with van der Waals surface area (Å²) in [6.07, 6.45) is 4.41. The Morgan fingerprint density at radius 1 is 1.16 bits per heavy atom. The first-order valence-electron chi connectivity index (χ1n) is 10.1. The van der Waals surface area contributed by atoms with E-state index in [-0.39, 0.29) is 23.0 Å². The fourth-order valence-corrected chi connectivity index (χ4v) is 2.77. The van der Waals surface area contributed by atoms with E-state index in [9.17, 15) is 19.7 Å². The van der Waals surface area contributed by atoms with Crippen molar-refractivity contribution in [3.8, 4) is 11.5 Å². The second-order valence-corrected chi connectivity index (χ2v) is 6.74. The van der Waals surface area contributed by atoms with Crippen LogP contribution in [0.3, 0.4) is 0 Å². The molecule has 1 N–H and O–H groups in total. The van der Waals surface area contributed by atoms with Crippen molar-refractivity contribution in [2.45, 2.75) is 26.7 Å². The highest BCUT2D eigenvalue weighted by Gasteiger charge is 2.18. The van der Waals surface area contributed by atoms with Gasteiger partial charge in [-0.15, -0.1) is 0 Å². The Morgan fingerprint density at radius 3 is 2.62 bits per heavy atom. The fraction of sp³-hybridized carbons (Fsp3) is 0.304. The molecule has 0 radical (unpaired) electrons. The van der Waals surface area contributed by atoms with Gasteiger partial charge in [-0.1, -0.05) is 12.1 Å². The predicted octanol–water partition coefficient (Wildman–Crippen LogP) is 4.44. The fourth-order valence-electron chi connectivity index (χ4n) is 2.77. The number of benzene rings is 2. The number of rotatable bonds is 11. The number of ether oxygens (including phenoxy) is 3. The highest BCUT2D eigenvalue weighted by molar-refractivity contribution is 6.05. The van der Waals surface area contributed by atoms with Crippen LogP contribution in [0.5, 0.6) is 11.5 Å². The van der Waals surface area contributed by atoms with Gasteiger partial charge in [0.1, 0.15) is 5.75 Å². The molecule has 2 aromatic rings. The minimum atomic E-state index is -0.575. The molecule has 0 unspecified atom stereocenters. The molecule has 0 bridgehead atoms. The largest absolute Gasteiger partial charge is 0.491 e. The Kier molecular flexibility index (Phi) is 9.22. The number of aryl methyl sites for hydroxylation is 1. The van der Waals surface area contributed by atoms with Gasteiger partial charge in [-0.25, -0.2) is 4.79 Å². The van der Waals surface area contributed by atoms with Crippen molar-refractivity contribution in [2.75, 3.05) is 25.6 Å². The number of nitrogens with one attached hydrogen (secondary N) is 1. The maximum Gasteiger partial charge on any atom is 0.330 e. The molecule has 0 aliphatic rings. The topological polar surface area (TPSA) is 117 Å². The van der Waals surface area contributed by atoms with Crippen LogP contribution in [0.15, 0.2) is 48.6 Å². The second kappa shape index (κ2) is 12.1. The first kappa shape index (κ1) is 24.4. The number of esters is 1. The number of nitrogens with zero attached hydrogens (tertiary/aromatic N) is 1. The van der Waals surface area contributed by atoms with Gasteiger partial charge in [-0.05, 0) is 50.5 Å². The minimum absolute atomic E-state index is 0.00102. The van der Waals surface area contributed by atoms with Gasteiger partial charge in [0.15, 0.2) is 5.75 Å². The number of carbonyl (C=O) groups excluding carboxylic acids is 2. The number of amides is 1. The van der Waals surface area contributed by atoms with Crippen LogP contribution in [-0.2, 0) is 9.53 Å². The van der Waals surface area contributed by atoms with Crippen LogP contribution in [0.2, 0.25) is 0 Å². The molecule has 1 amide bonds. The number of nitro benzene ring substituents is 1. The van der Waals surface area contributed by atoms with Crippen LogP contribution in [0.4, 0.5) is 11.4 Å². The van der Waals surface area contributed by atoms with Crippen molar-refractivity contribution in [3.05, 3.63) is 69.8 Å². The maximum atomic E-state index is 12.7. The molecule has 2 rings (SSSR count). The molecule has 0 saturated carbocycles. The third-order valence-electron chi connectivity index (χ3n) is 4.34. The van der Waals surface area contributed by atoms with Crippen molar-refractivity contribution < 1.29 is 28.7 Å². The van der Waals surface area contributed by atoms with Gasteiger partial charge >= 0.3 is 11.7 Å². The molecule has 0 aromatic heterocycles. The van der Waals surface area contributed by atoms with E-state index < -0.39 is 10.8 Å². The lowest BCUT2D eigenvalue weighted by molar-refractivity contribution is -0.385. The SMILES string of the molecule is CCOC(=O)C=CCCCOc1cc(C)ccc1NC(=O)c1ccc([N+](=O)[O-])c(OC)c1. The molecule has 2 aromatic carbocycles. The van der Waals surface area contributed by atoms with Crippen LogP contribution in [0.1, 0.15) is 35.7 Å². The molecule has 0 heterocycles. The van der Waals surface area contributed by atoms with Crippen LogP contribution in [0, 0.1) is 17.0 Å². The van der Waals surface area contributed by atoms with Gasteiger partial charge in [0, 0.05) is 23.8 Å². The molecular weight excluding hydrogens is 416 g/mol. The van der Waals surface area contributed by atoms with E-state index in [0.717, 1.165) is 5.56 Å². The van der Waals surface area contributed by atoms with Crippen molar-refractivity contribution in [3.63, 3.8) is 0 Å². The van der Waals surface area contributed by atoms with Crippen LogP contribution in [0.25, 0.3) is 0 Å². The number of hydrogen-bond donors (Lipinski definition) is 1. The quantitative estimate of drug-likeness (QED) is 0.180. The lowest BCUT2D eigenvalue weighted by atomic mass is 10.1. The van der Waals surface area contributed by atoms with Gasteiger partial charge < -0.3 is 19.5 Å². The highest BCUT2D eigenvalue weighted by Crippen LogP contribution is 2.30. The van der Waals surface area contributed by atoms with E-state index in [1.54, 1.807) is 25.1 Å². The van der Waals surface area contributed by atoms with Gasteiger partial charge in [0.05, 0.1) is 30.9 Å². The summed E-state index contributed by atoms with van der Waals surface area (Å²) < 4.78 is 15.7. The molecule has 0 spiro atoms. The highest BCUT2D eigenvalue weighted by atomic mass is 16.6. The third kappa shape index (κ3) is 7.12. The third-order valence-corrected chi connectivity index (χ3v) is 4.34. The summed E-state index contributed by atoms with van der Waals surface area (Å²) in [4.78, 5) is 34.4. The van der Waals surface area contributed by atoms with Crippen molar-refractivity contribution in [1.82, 2.24) is 0 Å². The van der Waals surface area contributed by atoms with Crippen molar-refractivity contribution >= 4 is 23.3 Å². The summed E-state index contributed by atoms with van der Waals surface area (Å²) in [6, 6.07) is 9.27. The van der Waals surface area contributed by atoms with E-state index in [2.05, 4.69) is 5.32 Å². The molecular formula is C23H26N2O7. The Labute approximate surface area is 186 Å². The van der Waals surface area contributed by atoms with E-state index in [1.165, 1.54) is 31.4 Å². The summed E-state index contributed by atoms with van der Waals surface area (Å²) in [5.74, 6) is -0.329. The molecule has 0 saturated heterocycles. The van der Waals surface area contributed by atoms with E-state index in [0.29, 0.717) is 37.5 Å². The Bertz CT molecular complexity index is 1000. The number of nitro groups is 1. The lowest BCUT2D eigenvalue weighted by Crippen LogP contribution is -2.13. The summed E-state index contributed by atoms with van der Waals surface area (Å²) in [7, 11) is 1.30. The summed E-state index contributed by atoms with van der Waals surface area (Å²) in [5, 5.41) is 13.8. The van der Waals surface area contributed by atoms with Crippen LogP contribution >= 0.6 is 0 Å². The number of carbonyl (C=O) groups is 2. The minimum Gasteiger partial charge on any atom is -0.491 e. The average molecular weight is 442 g/mol. The zero-order valence-electron chi connectivity index (χ0n) is 18.3. The molecule has 0 atom stereocenters. The number of allylic oxidation sites excluding steroid dienone is 1. The van der Waals surface area contributed by atoms with Gasteiger partial charge in [-0.2, -0.15) is 0 Å². The number of unbranched alkanes of at least 4 members (excludes halogenated alkanes) is 1. The van der Waals surface area contributed by atoms with E-state index in [4.69, 9.17) is 14.2 Å². The summed E-state index contributed by atoms with van der Waals surface area (Å²) >= 11 is 0.